The third kappa shape index (κ3) is 2.69. The van der Waals surface area contributed by atoms with Crippen molar-refractivity contribution in [2.45, 2.75) is 39.1 Å². The number of halogens is 3. The Kier molecular flexibility index (Phi) is 4.28. The van der Waals surface area contributed by atoms with Gasteiger partial charge in [-0.15, -0.1) is 0 Å². The van der Waals surface area contributed by atoms with Gasteiger partial charge in [0.25, 0.3) is 0 Å². The van der Waals surface area contributed by atoms with Crippen molar-refractivity contribution >= 4 is 15.9 Å². The predicted octanol–water partition coefficient (Wildman–Crippen LogP) is 3.82. The summed E-state index contributed by atoms with van der Waals surface area (Å²) >= 11 is 2.92. The van der Waals surface area contributed by atoms with Crippen molar-refractivity contribution in [3.8, 4) is 0 Å². The molecule has 1 aliphatic heterocycles. The molecule has 1 fully saturated rings. The van der Waals surface area contributed by atoms with Crippen LogP contribution in [0.2, 0.25) is 0 Å². The highest BCUT2D eigenvalue weighted by Crippen LogP contribution is 2.41. The number of benzene rings is 1. The van der Waals surface area contributed by atoms with Gasteiger partial charge in [-0.25, -0.2) is 8.78 Å². The van der Waals surface area contributed by atoms with Crippen molar-refractivity contribution < 1.29 is 18.6 Å². The topological polar surface area (TPSA) is 29.5 Å². The van der Waals surface area contributed by atoms with Crippen LogP contribution in [0.25, 0.3) is 0 Å². The zero-order valence-corrected chi connectivity index (χ0v) is 12.6. The molecule has 0 aliphatic carbocycles. The lowest BCUT2D eigenvalue weighted by atomic mass is 9.82. The van der Waals surface area contributed by atoms with E-state index in [2.05, 4.69) is 15.9 Å². The van der Waals surface area contributed by atoms with E-state index in [4.69, 9.17) is 4.74 Å². The quantitative estimate of drug-likeness (QED) is 0.833. The number of aliphatic hydroxyl groups is 1. The summed E-state index contributed by atoms with van der Waals surface area (Å²) in [6, 6.07) is 2.09. The van der Waals surface area contributed by atoms with Crippen LogP contribution in [0.15, 0.2) is 16.6 Å². The Labute approximate surface area is 119 Å². The molecule has 19 heavy (non-hydrogen) atoms. The standard InChI is InChI=1S/C14H17BrF2O2/c1-6-7(2)19-8(3)13(6)14(18)9-4-12(17)10(15)5-11(9)16/h4-8,13-14,18H,1-3H3. The second kappa shape index (κ2) is 5.46. The van der Waals surface area contributed by atoms with Gasteiger partial charge >= 0.3 is 0 Å². The van der Waals surface area contributed by atoms with E-state index in [1.54, 1.807) is 0 Å². The summed E-state index contributed by atoms with van der Waals surface area (Å²) in [7, 11) is 0. The highest BCUT2D eigenvalue weighted by molar-refractivity contribution is 9.10. The molecule has 2 nitrogen and oxygen atoms in total. The van der Waals surface area contributed by atoms with Crippen LogP contribution in [0.4, 0.5) is 8.78 Å². The Morgan fingerprint density at radius 1 is 1.16 bits per heavy atom. The molecule has 0 aromatic heterocycles. The van der Waals surface area contributed by atoms with Crippen molar-refractivity contribution in [1.29, 1.82) is 0 Å². The first-order chi connectivity index (χ1) is 8.82. The van der Waals surface area contributed by atoms with Crippen molar-refractivity contribution in [3.05, 3.63) is 33.8 Å². The molecular weight excluding hydrogens is 318 g/mol. The minimum atomic E-state index is -1.07. The first-order valence-corrected chi connectivity index (χ1v) is 7.10. The average molecular weight is 335 g/mol. The fourth-order valence-electron chi connectivity index (χ4n) is 2.81. The van der Waals surface area contributed by atoms with E-state index in [1.807, 2.05) is 20.8 Å². The Hall–Kier alpha value is -0.520. The van der Waals surface area contributed by atoms with Crippen LogP contribution in [0.1, 0.15) is 32.4 Å². The van der Waals surface area contributed by atoms with E-state index in [9.17, 15) is 13.9 Å². The Morgan fingerprint density at radius 3 is 2.32 bits per heavy atom. The SMILES string of the molecule is CC1OC(C)C(C(O)c2cc(F)c(Br)cc2F)C1C. The normalized spacial score (nSPS) is 32.6. The van der Waals surface area contributed by atoms with Crippen LogP contribution < -0.4 is 0 Å². The molecule has 2 rings (SSSR count). The maximum Gasteiger partial charge on any atom is 0.137 e. The van der Waals surface area contributed by atoms with Crippen molar-refractivity contribution in [2.24, 2.45) is 11.8 Å². The minimum absolute atomic E-state index is 0.00185. The number of aliphatic hydroxyl groups excluding tert-OH is 1. The Morgan fingerprint density at radius 2 is 1.79 bits per heavy atom. The first-order valence-electron chi connectivity index (χ1n) is 6.31. The number of hydrogen-bond donors (Lipinski definition) is 1. The van der Waals surface area contributed by atoms with Crippen LogP contribution in [-0.4, -0.2) is 17.3 Å². The fraction of sp³-hybridized carbons (Fsp3) is 0.571. The molecule has 1 heterocycles. The molecule has 1 aromatic rings. The van der Waals surface area contributed by atoms with Crippen molar-refractivity contribution in [2.75, 3.05) is 0 Å². The van der Waals surface area contributed by atoms with E-state index < -0.39 is 17.7 Å². The van der Waals surface area contributed by atoms with Gasteiger partial charge in [0.15, 0.2) is 0 Å². The molecule has 0 spiro atoms. The van der Waals surface area contributed by atoms with E-state index >= 15 is 0 Å². The van der Waals surface area contributed by atoms with E-state index in [0.29, 0.717) is 0 Å². The molecule has 0 radical (unpaired) electrons. The van der Waals surface area contributed by atoms with Crippen LogP contribution in [0, 0.1) is 23.5 Å². The Balaban J connectivity index is 2.34. The van der Waals surface area contributed by atoms with Crippen molar-refractivity contribution in [1.82, 2.24) is 0 Å². The summed E-state index contributed by atoms with van der Waals surface area (Å²) < 4.78 is 33.1. The highest BCUT2D eigenvalue weighted by atomic mass is 79.9. The summed E-state index contributed by atoms with van der Waals surface area (Å²) in [6.45, 7) is 5.72. The molecule has 1 N–H and O–H groups in total. The van der Waals surface area contributed by atoms with E-state index in [1.165, 1.54) is 0 Å². The van der Waals surface area contributed by atoms with Crippen LogP contribution in [-0.2, 0) is 4.74 Å². The molecule has 5 unspecified atom stereocenters. The molecule has 106 valence electrons. The van der Waals surface area contributed by atoms with E-state index in [0.717, 1.165) is 12.1 Å². The molecular formula is C14H17BrF2O2. The van der Waals surface area contributed by atoms with Crippen molar-refractivity contribution in [3.63, 3.8) is 0 Å². The van der Waals surface area contributed by atoms with Gasteiger partial charge in [-0.3, -0.25) is 0 Å². The van der Waals surface area contributed by atoms with E-state index in [-0.39, 0.29) is 34.1 Å². The monoisotopic (exact) mass is 334 g/mol. The molecule has 1 aliphatic rings. The lowest BCUT2D eigenvalue weighted by molar-refractivity contribution is 0.0219. The highest BCUT2D eigenvalue weighted by Gasteiger charge is 2.42. The zero-order chi connectivity index (χ0) is 14.3. The van der Waals surface area contributed by atoms with Gasteiger partial charge in [-0.2, -0.15) is 0 Å². The van der Waals surface area contributed by atoms with Gasteiger partial charge in [-0.05, 0) is 47.8 Å². The van der Waals surface area contributed by atoms with Gasteiger partial charge in [0.1, 0.15) is 11.6 Å². The smallest absolute Gasteiger partial charge is 0.137 e. The lowest BCUT2D eigenvalue weighted by Crippen LogP contribution is -2.25. The molecule has 0 saturated carbocycles. The first kappa shape index (κ1) is 14.9. The maximum absolute atomic E-state index is 13.9. The number of hydrogen-bond acceptors (Lipinski definition) is 2. The predicted molar refractivity (Wildman–Crippen MR) is 71.7 cm³/mol. The number of ether oxygens (including phenoxy) is 1. The minimum Gasteiger partial charge on any atom is -0.388 e. The molecule has 0 bridgehead atoms. The molecule has 5 heteroatoms. The average Bonchev–Trinajstić information content (AvgIpc) is 2.57. The molecule has 0 amide bonds. The second-order valence-electron chi connectivity index (χ2n) is 5.22. The van der Waals surface area contributed by atoms with Gasteiger partial charge in [0.05, 0.1) is 22.8 Å². The molecule has 5 atom stereocenters. The summed E-state index contributed by atoms with van der Waals surface area (Å²) in [5, 5.41) is 10.4. The van der Waals surface area contributed by atoms with Gasteiger partial charge in [0.2, 0.25) is 0 Å². The summed E-state index contributed by atoms with van der Waals surface area (Å²) in [5.41, 5.74) is -0.0119. The fourth-order valence-corrected chi connectivity index (χ4v) is 3.13. The second-order valence-corrected chi connectivity index (χ2v) is 6.07. The zero-order valence-electron chi connectivity index (χ0n) is 11.0. The lowest BCUT2D eigenvalue weighted by Gasteiger charge is -2.25. The summed E-state index contributed by atoms with van der Waals surface area (Å²) in [5.74, 6) is -1.36. The van der Waals surface area contributed by atoms with Crippen LogP contribution in [0.3, 0.4) is 0 Å². The molecule has 1 aromatic carbocycles. The number of rotatable bonds is 2. The van der Waals surface area contributed by atoms with Crippen LogP contribution >= 0.6 is 15.9 Å². The third-order valence-electron chi connectivity index (χ3n) is 4.04. The summed E-state index contributed by atoms with van der Waals surface area (Å²) in [4.78, 5) is 0. The van der Waals surface area contributed by atoms with Gasteiger partial charge in [0, 0.05) is 11.5 Å². The summed E-state index contributed by atoms with van der Waals surface area (Å²) in [6.07, 6.45) is -1.26. The third-order valence-corrected chi connectivity index (χ3v) is 4.65. The largest absolute Gasteiger partial charge is 0.388 e. The van der Waals surface area contributed by atoms with Gasteiger partial charge < -0.3 is 9.84 Å². The van der Waals surface area contributed by atoms with Crippen LogP contribution in [0.5, 0.6) is 0 Å². The maximum atomic E-state index is 13.9. The molecule has 1 saturated heterocycles. The Bertz CT molecular complexity index is 481. The van der Waals surface area contributed by atoms with Gasteiger partial charge in [-0.1, -0.05) is 6.92 Å².